The molecule has 1 saturated heterocycles. The Morgan fingerprint density at radius 2 is 1.78 bits per heavy atom. The summed E-state index contributed by atoms with van der Waals surface area (Å²) >= 11 is 5.83. The smallest absolute Gasteiger partial charge is 0.255 e. The zero-order valence-corrected chi connectivity index (χ0v) is 16.1. The first kappa shape index (κ1) is 21.4. The lowest BCUT2D eigenvalue weighted by molar-refractivity contribution is 0.102. The first-order valence-corrected chi connectivity index (χ1v) is 9.00. The van der Waals surface area contributed by atoms with Crippen LogP contribution in [0.15, 0.2) is 42.5 Å². The molecule has 0 unspecified atom stereocenters. The summed E-state index contributed by atoms with van der Waals surface area (Å²) in [6.07, 6.45) is 1.75. The number of alkyl halides is 1. The number of hydrogen-bond donors (Lipinski definition) is 2. The number of anilines is 2. The third-order valence-corrected chi connectivity index (χ3v) is 4.78. The van der Waals surface area contributed by atoms with Crippen molar-refractivity contribution in [2.24, 2.45) is 0 Å². The minimum atomic E-state index is -0.407. The number of rotatable bonds is 5. The maximum absolute atomic E-state index is 14.1. The molecule has 0 bridgehead atoms. The van der Waals surface area contributed by atoms with Gasteiger partial charge in [0, 0.05) is 30.4 Å². The summed E-state index contributed by atoms with van der Waals surface area (Å²) in [7, 11) is 0. The van der Waals surface area contributed by atoms with Crippen molar-refractivity contribution in [3.8, 4) is 0 Å². The molecule has 0 atom stereocenters. The second-order valence-electron chi connectivity index (χ2n) is 6.31. The summed E-state index contributed by atoms with van der Waals surface area (Å²) in [6, 6.07) is 10.3. The Kier molecular flexibility index (Phi) is 7.83. The highest BCUT2D eigenvalue weighted by Gasteiger charge is 2.19. The molecule has 0 saturated carbocycles. The van der Waals surface area contributed by atoms with Crippen molar-refractivity contribution in [3.63, 3.8) is 0 Å². The van der Waals surface area contributed by atoms with Gasteiger partial charge in [-0.25, -0.2) is 8.78 Å². The van der Waals surface area contributed by atoms with Crippen molar-refractivity contribution in [1.82, 2.24) is 4.90 Å². The molecule has 0 aromatic heterocycles. The normalized spacial score (nSPS) is 15.1. The van der Waals surface area contributed by atoms with Gasteiger partial charge in [0.25, 0.3) is 5.91 Å². The van der Waals surface area contributed by atoms with Gasteiger partial charge in [-0.05, 0) is 55.3 Å². The fraction of sp³-hybridized carbons (Fsp3) is 0.316. The maximum atomic E-state index is 14.1. The third-order valence-electron chi connectivity index (χ3n) is 4.45. The standard InChI is InChI=1S/C19H20ClF2N3O.ClH/c20-12-25-9-7-15(8-10-25)23-18-11-16(5-6-17(18)22)24-19(26)13-1-3-14(21)4-2-13;/h1-6,11,15,23H,7-10,12H2,(H,24,26);1H. The Hall–Kier alpha value is -1.89. The van der Waals surface area contributed by atoms with Gasteiger partial charge >= 0.3 is 0 Å². The van der Waals surface area contributed by atoms with E-state index in [0.717, 1.165) is 25.9 Å². The molecule has 2 N–H and O–H groups in total. The van der Waals surface area contributed by atoms with Gasteiger partial charge in [-0.3, -0.25) is 9.69 Å². The summed E-state index contributed by atoms with van der Waals surface area (Å²) in [6.45, 7) is 1.73. The molecule has 4 nitrogen and oxygen atoms in total. The molecule has 27 heavy (non-hydrogen) atoms. The highest BCUT2D eigenvalue weighted by atomic mass is 35.5. The Labute approximate surface area is 168 Å². The van der Waals surface area contributed by atoms with Crippen molar-refractivity contribution in [2.75, 3.05) is 29.7 Å². The maximum Gasteiger partial charge on any atom is 0.255 e. The summed E-state index contributed by atoms with van der Waals surface area (Å²) in [5, 5.41) is 5.91. The second-order valence-corrected chi connectivity index (χ2v) is 6.55. The lowest BCUT2D eigenvalue weighted by Crippen LogP contribution is -2.38. The second kappa shape index (κ2) is 9.88. The monoisotopic (exact) mass is 415 g/mol. The number of halogens is 4. The van der Waals surface area contributed by atoms with Crippen LogP contribution in [0, 0.1) is 11.6 Å². The van der Waals surface area contributed by atoms with Gasteiger partial charge in [0.1, 0.15) is 11.6 Å². The van der Waals surface area contributed by atoms with E-state index in [1.807, 2.05) is 0 Å². The molecule has 1 amide bonds. The van der Waals surface area contributed by atoms with Crippen molar-refractivity contribution in [2.45, 2.75) is 18.9 Å². The number of benzene rings is 2. The highest BCUT2D eigenvalue weighted by Crippen LogP contribution is 2.23. The van der Waals surface area contributed by atoms with Crippen molar-refractivity contribution in [3.05, 3.63) is 59.7 Å². The van der Waals surface area contributed by atoms with Crippen LogP contribution in [0.4, 0.5) is 20.2 Å². The van der Waals surface area contributed by atoms with E-state index < -0.39 is 5.82 Å². The lowest BCUT2D eigenvalue weighted by Gasteiger charge is -2.31. The average Bonchev–Trinajstić information content (AvgIpc) is 2.65. The number of hydrogen-bond acceptors (Lipinski definition) is 3. The predicted molar refractivity (Wildman–Crippen MR) is 107 cm³/mol. The van der Waals surface area contributed by atoms with Crippen LogP contribution >= 0.6 is 24.0 Å². The summed E-state index contributed by atoms with van der Waals surface area (Å²) in [5.74, 6) is -1.16. The van der Waals surface area contributed by atoms with E-state index in [-0.39, 0.29) is 30.2 Å². The first-order chi connectivity index (χ1) is 12.5. The molecule has 1 fully saturated rings. The number of amides is 1. The van der Waals surface area contributed by atoms with Crippen molar-refractivity contribution >= 4 is 41.3 Å². The van der Waals surface area contributed by atoms with Crippen molar-refractivity contribution in [1.29, 1.82) is 0 Å². The molecule has 8 heteroatoms. The quantitative estimate of drug-likeness (QED) is 0.548. The van der Waals surface area contributed by atoms with Gasteiger partial charge in [0.15, 0.2) is 0 Å². The average molecular weight is 416 g/mol. The van der Waals surface area contributed by atoms with E-state index >= 15 is 0 Å². The van der Waals surface area contributed by atoms with E-state index in [9.17, 15) is 13.6 Å². The Morgan fingerprint density at radius 3 is 2.41 bits per heavy atom. The summed E-state index contributed by atoms with van der Waals surface area (Å²) < 4.78 is 27.1. The van der Waals surface area contributed by atoms with Gasteiger partial charge in [-0.1, -0.05) is 0 Å². The van der Waals surface area contributed by atoms with Gasteiger partial charge in [0.2, 0.25) is 0 Å². The first-order valence-electron chi connectivity index (χ1n) is 8.46. The van der Waals surface area contributed by atoms with E-state index in [1.165, 1.54) is 36.4 Å². The Balaban J connectivity index is 0.00000261. The molecule has 1 heterocycles. The van der Waals surface area contributed by atoms with Gasteiger partial charge < -0.3 is 10.6 Å². The zero-order chi connectivity index (χ0) is 18.5. The molecule has 146 valence electrons. The van der Waals surface area contributed by atoms with Crippen LogP contribution in [-0.2, 0) is 0 Å². The summed E-state index contributed by atoms with van der Waals surface area (Å²) in [5.41, 5.74) is 1.16. The van der Waals surface area contributed by atoms with Crippen LogP contribution in [0.1, 0.15) is 23.2 Å². The highest BCUT2D eigenvalue weighted by molar-refractivity contribution is 6.17. The number of carbonyl (C=O) groups excluding carboxylic acids is 1. The van der Waals surface area contributed by atoms with Crippen molar-refractivity contribution < 1.29 is 13.6 Å². The van der Waals surface area contributed by atoms with E-state index in [1.54, 1.807) is 6.07 Å². The fourth-order valence-electron chi connectivity index (χ4n) is 2.93. The topological polar surface area (TPSA) is 44.4 Å². The van der Waals surface area contributed by atoms with Crippen LogP contribution in [0.2, 0.25) is 0 Å². The predicted octanol–water partition coefficient (Wildman–Crippen LogP) is 4.71. The number of likely N-dealkylation sites (tertiary alicyclic amines) is 1. The van der Waals surface area contributed by atoms with Crippen LogP contribution in [0.3, 0.4) is 0 Å². The van der Waals surface area contributed by atoms with Crippen LogP contribution < -0.4 is 10.6 Å². The molecule has 0 radical (unpaired) electrons. The van der Waals surface area contributed by atoms with Gasteiger partial charge in [-0.15, -0.1) is 24.0 Å². The van der Waals surface area contributed by atoms with Crippen LogP contribution in [0.5, 0.6) is 0 Å². The lowest BCUT2D eigenvalue weighted by atomic mass is 10.0. The molecule has 1 aliphatic heterocycles. The van der Waals surface area contributed by atoms with E-state index in [0.29, 0.717) is 22.9 Å². The largest absolute Gasteiger partial charge is 0.380 e. The molecule has 3 rings (SSSR count). The Bertz CT molecular complexity index is 766. The molecule has 0 aliphatic carbocycles. The Morgan fingerprint density at radius 1 is 1.11 bits per heavy atom. The molecule has 0 spiro atoms. The molecular weight excluding hydrogens is 395 g/mol. The minimum absolute atomic E-state index is 0. The minimum Gasteiger partial charge on any atom is -0.380 e. The SMILES string of the molecule is Cl.O=C(Nc1ccc(F)c(NC2CCN(CCl)CC2)c1)c1ccc(F)cc1. The number of carbonyl (C=O) groups is 1. The van der Waals surface area contributed by atoms with E-state index in [2.05, 4.69) is 15.5 Å². The van der Waals surface area contributed by atoms with Crippen LogP contribution in [0.25, 0.3) is 0 Å². The molecule has 2 aromatic carbocycles. The number of nitrogens with one attached hydrogen (secondary N) is 2. The van der Waals surface area contributed by atoms with Gasteiger partial charge in [-0.2, -0.15) is 0 Å². The third kappa shape index (κ3) is 5.79. The van der Waals surface area contributed by atoms with Gasteiger partial charge in [0.05, 0.1) is 11.7 Å². The molecule has 2 aromatic rings. The number of nitrogens with zero attached hydrogens (tertiary/aromatic N) is 1. The molecule has 1 aliphatic rings. The van der Waals surface area contributed by atoms with E-state index in [4.69, 9.17) is 11.6 Å². The fourth-order valence-corrected chi connectivity index (χ4v) is 3.17. The summed E-state index contributed by atoms with van der Waals surface area (Å²) in [4.78, 5) is 14.3. The van der Waals surface area contributed by atoms with Crippen LogP contribution in [-0.4, -0.2) is 35.9 Å². The zero-order valence-electron chi connectivity index (χ0n) is 14.6. The molecular formula is C19H21Cl2F2N3O. The number of piperidine rings is 1.